The van der Waals surface area contributed by atoms with Crippen LogP contribution in [0.3, 0.4) is 0 Å². The van der Waals surface area contributed by atoms with Crippen molar-refractivity contribution in [3.63, 3.8) is 0 Å². The molecule has 0 rings (SSSR count). The molecule has 0 aromatic rings. The topological polar surface area (TPSA) is 243 Å². The Balaban J connectivity index is -0.000000100. The Morgan fingerprint density at radius 2 is 0.368 bits per heavy atom. The molecule has 18 nitrogen and oxygen atoms in total. The third-order valence-corrected chi connectivity index (χ3v) is 30.1. The summed E-state index contributed by atoms with van der Waals surface area (Å²) in [6.07, 6.45) is 28.8. The molecule has 0 amide bonds. The van der Waals surface area contributed by atoms with Crippen molar-refractivity contribution in [1.29, 1.82) is 0 Å². The summed E-state index contributed by atoms with van der Waals surface area (Å²) in [5.74, 6) is 0. The molecule has 0 spiro atoms. The van der Waals surface area contributed by atoms with E-state index in [4.69, 9.17) is 113 Å². The molecule has 0 saturated carbocycles. The Morgan fingerprint density at radius 3 is 0.439 bits per heavy atom. The van der Waals surface area contributed by atoms with Crippen LogP contribution in [0.2, 0.25) is 0 Å². The van der Waals surface area contributed by atoms with Crippen molar-refractivity contribution in [1.82, 2.24) is 0 Å². The van der Waals surface area contributed by atoms with Gasteiger partial charge in [-0.1, -0.05) is 247 Å². The summed E-state index contributed by atoms with van der Waals surface area (Å²) >= 11 is -12.5. The van der Waals surface area contributed by atoms with Gasteiger partial charge < -0.3 is 63.8 Å². The van der Waals surface area contributed by atoms with Crippen molar-refractivity contribution in [2.24, 2.45) is 21.0 Å². The zero-order valence-electron chi connectivity index (χ0n) is 78.1. The Labute approximate surface area is 787 Å². The first-order valence-corrected chi connectivity index (χ1v) is 90.0. The Morgan fingerprint density at radius 1 is 0.228 bits per heavy atom. The molecule has 0 aliphatic heterocycles. The molecule has 0 fully saturated rings. The van der Waals surface area contributed by atoms with Crippen LogP contribution in [-0.4, -0.2) is 106 Å². The van der Waals surface area contributed by atoms with Crippen LogP contribution in [0.25, 0.3) is 63.8 Å². The van der Waals surface area contributed by atoms with E-state index in [2.05, 4.69) is 272 Å². The second-order valence-electron chi connectivity index (χ2n) is 32.5. The molecule has 0 N–H and O–H groups in total. The quantitative estimate of drug-likeness (QED) is 0.0595. The standard InChI is InChI=1S/2C12H24N2.2C10H20N2.2C8H16N2.6C3H7N.12ClH.6W/c2*1-7-11(3,4)13-9-10-14-12(5,6)8-2;2*1-9(2,3)11-7-8-12-10(4,5)6;2*1-7(2)9-5-6-10-8(3)4;3*1-3(2)4;3*1-2-3-4;;;;;;;;;;;;;;;;;;/h2*9-10H,7-8H2,1-6H3;2*7-8H,1-6H3;2*5-8H,1-4H3;3*3H,1-2H3;3*2-3H2,1H3;12*1H;;;;;;/q6*-2;;;;;;;;;;;;;;;;;;;6*+2/p-12. The summed E-state index contributed by atoms with van der Waals surface area (Å²) in [4.78, 5) is 0. The Bertz CT molecular complexity index is 2200. The molecule has 0 aliphatic rings. The Kier molecular flexibility index (Phi) is 113. The predicted octanol–water partition coefficient (Wildman–Crippen LogP) is 37.8. The van der Waals surface area contributed by atoms with Gasteiger partial charge in [-0.25, -0.2) is 74.4 Å². The zero-order valence-corrected chi connectivity index (χ0v) is 105. The van der Waals surface area contributed by atoms with Gasteiger partial charge in [0.15, 0.2) is 0 Å². The monoisotopic (exact) mass is 2870 g/mol. The molecule has 0 radical (unpaired) electrons. The molecular weight excluding hydrogens is 2720 g/mol. The van der Waals surface area contributed by atoms with Gasteiger partial charge in [-0.15, -0.1) is 68.5 Å². The Hall–Kier alpha value is 2.45. The summed E-state index contributed by atoms with van der Waals surface area (Å²) in [5.41, 5.74) is 0.192. The maximum atomic E-state index is 5.47. The number of nitrogens with zero attached hydrogens (tertiary/aromatic N) is 18. The van der Waals surface area contributed by atoms with Gasteiger partial charge in [0.2, 0.25) is 0 Å². The molecule has 0 heterocycles. The molecule has 0 bridgehead atoms. The van der Waals surface area contributed by atoms with Gasteiger partial charge in [-0.3, -0.25) is 0 Å². The van der Waals surface area contributed by atoms with E-state index >= 15 is 0 Å². The summed E-state index contributed by atoms with van der Waals surface area (Å²) in [7, 11) is 65.5. The average molecular weight is 2880 g/mol. The van der Waals surface area contributed by atoms with Crippen LogP contribution in [0.4, 0.5) is 0 Å². The molecule has 114 heavy (non-hydrogen) atoms. The second kappa shape index (κ2) is 90.2. The van der Waals surface area contributed by atoms with E-state index in [1.54, 1.807) is 49.6 Å². The van der Waals surface area contributed by atoms with E-state index in [0.29, 0.717) is 42.3 Å². The fraction of sp³-hybridized carbons (Fsp3) is 0.846. The van der Waals surface area contributed by atoms with Crippen molar-refractivity contribution in [2.45, 2.75) is 415 Å². The second-order valence-corrected chi connectivity index (χ2v) is 82.5. The molecule has 0 saturated heterocycles. The summed E-state index contributed by atoms with van der Waals surface area (Å²) in [5, 5.41) is 51.4. The van der Waals surface area contributed by atoms with E-state index in [9.17, 15) is 0 Å². The van der Waals surface area contributed by atoms with E-state index in [1.165, 1.54) is 0 Å². The SMILES string of the molecule is CC(C)(C)[N-]C=C[N-]C(C)(C)C.CC(C)(C)[N-]C=C[N-]C(C)(C)C.CC(C)[N-]C=C[N-]C(C)C.CC(C)[N-]C=C[N-]C(C)C.CC(C)[N]=[W]([Cl])[Cl].CC(C)[N]=[W]([Cl])[Cl].CC(C)[N]=[W]([Cl])[Cl].CCC(C)(C)[N-]C=C[N-]C(C)(C)CC.CCC(C)(C)[N-]C=C[N-]C(C)(C)CC.CCC[N]=[W]([Cl])[Cl].CCC[N]=[W]([Cl])[Cl].CCC[N]=[W]([Cl])[Cl]. The third kappa shape index (κ3) is 188. The van der Waals surface area contributed by atoms with E-state index in [-0.39, 0.29) is 44.3 Å². The van der Waals surface area contributed by atoms with Gasteiger partial charge in [-0.2, -0.15) is 0 Å². The molecule has 36 heteroatoms. The van der Waals surface area contributed by atoms with Crippen molar-refractivity contribution >= 4 is 113 Å². The third-order valence-electron chi connectivity index (χ3n) is 11.1. The first-order chi connectivity index (χ1) is 51.5. The number of rotatable bonds is 33. The van der Waals surface area contributed by atoms with Gasteiger partial charge in [0, 0.05) is 0 Å². The zero-order chi connectivity index (χ0) is 92.8. The first kappa shape index (κ1) is 142. The minimum atomic E-state index is -2.10. The molecule has 0 unspecified atom stereocenters. The number of hydrogen-bond donors (Lipinski definition) is 0. The van der Waals surface area contributed by atoms with Crippen LogP contribution in [-0.2, 0) is 90.3 Å². The van der Waals surface area contributed by atoms with E-state index < -0.39 is 90.3 Å². The fourth-order valence-electron chi connectivity index (χ4n) is 4.13. The summed E-state index contributed by atoms with van der Waals surface area (Å²) in [6.45, 7) is 87.3. The maximum absolute atomic E-state index is 5.47. The molecule has 0 aliphatic carbocycles. The molecular formula is C78H162Cl12N18W6-12. The van der Waals surface area contributed by atoms with Crippen LogP contribution >= 0.6 is 113 Å². The van der Waals surface area contributed by atoms with Crippen LogP contribution in [0.5, 0.6) is 0 Å². The van der Waals surface area contributed by atoms with Gasteiger partial charge >= 0.3 is 344 Å². The van der Waals surface area contributed by atoms with Crippen LogP contribution in [0.1, 0.15) is 329 Å². The van der Waals surface area contributed by atoms with Crippen molar-refractivity contribution < 1.29 is 90.3 Å². The first-order valence-electron chi connectivity index (χ1n) is 38.5. The summed E-state index contributed by atoms with van der Waals surface area (Å²) in [6, 6.07) is 2.46. The normalized spacial score (nSPS) is 11.8. The van der Waals surface area contributed by atoms with Crippen LogP contribution in [0, 0.1) is 0 Å². The van der Waals surface area contributed by atoms with E-state index in [0.717, 1.165) is 64.6 Å². The minimum absolute atomic E-state index is 0.00387. The number of halogens is 12. The summed E-state index contributed by atoms with van der Waals surface area (Å²) < 4.78 is 23.9. The van der Waals surface area contributed by atoms with Crippen LogP contribution < -0.4 is 0 Å². The van der Waals surface area contributed by atoms with Crippen molar-refractivity contribution in [3.05, 3.63) is 138 Å². The average Bonchev–Trinajstić information content (AvgIpc) is 0.943. The van der Waals surface area contributed by atoms with Crippen molar-refractivity contribution in [2.75, 3.05) is 19.6 Å². The predicted molar refractivity (Wildman–Crippen MR) is 508 cm³/mol. The van der Waals surface area contributed by atoms with Crippen molar-refractivity contribution in [3.8, 4) is 0 Å². The molecule has 0 aromatic heterocycles. The molecule has 696 valence electrons. The fourth-order valence-corrected chi connectivity index (χ4v) is 22.2. The molecule has 0 atom stereocenters. The van der Waals surface area contributed by atoms with Gasteiger partial charge in [-0.05, 0) is 0 Å². The molecule has 0 aromatic carbocycles. The van der Waals surface area contributed by atoms with Gasteiger partial charge in [0.25, 0.3) is 0 Å². The van der Waals surface area contributed by atoms with Gasteiger partial charge in [0.1, 0.15) is 0 Å². The van der Waals surface area contributed by atoms with E-state index in [1.807, 2.05) is 122 Å². The number of hydrogen-bond acceptors (Lipinski definition) is 6. The van der Waals surface area contributed by atoms with Crippen LogP contribution in [0.15, 0.2) is 95.4 Å². The van der Waals surface area contributed by atoms with Gasteiger partial charge in [0.05, 0.1) is 0 Å².